The summed E-state index contributed by atoms with van der Waals surface area (Å²) in [7, 11) is -5.50. The molecule has 268 valence electrons. The second-order valence-corrected chi connectivity index (χ2v) is 15.5. The summed E-state index contributed by atoms with van der Waals surface area (Å²) in [5, 5.41) is 18.6. The van der Waals surface area contributed by atoms with Gasteiger partial charge in [-0.15, -0.1) is 0 Å². The first-order valence-electron chi connectivity index (χ1n) is 15.1. The van der Waals surface area contributed by atoms with Crippen LogP contribution in [0.4, 0.5) is 0 Å². The molecule has 0 fully saturated rings. The van der Waals surface area contributed by atoms with Gasteiger partial charge in [-0.05, 0) is 93.6 Å². The Balaban J connectivity index is 0.000000231. The van der Waals surface area contributed by atoms with Crippen molar-refractivity contribution in [2.75, 3.05) is 31.8 Å². The number of rotatable bonds is 2. The molecule has 2 unspecified atom stereocenters. The lowest BCUT2D eigenvalue weighted by molar-refractivity contribution is -0.134. The molecule has 4 N–H and O–H groups in total. The number of hydrogen-bond acceptors (Lipinski definition) is 12. The van der Waals surface area contributed by atoms with Crippen LogP contribution in [0.1, 0.15) is 45.1 Å². The Bertz CT molecular complexity index is 1770. The molecule has 14 heteroatoms. The van der Waals surface area contributed by atoms with Gasteiger partial charge in [0.05, 0.1) is 18.6 Å². The minimum atomic E-state index is -3.40. The topological polar surface area (TPSA) is 197 Å². The van der Waals surface area contributed by atoms with Crippen LogP contribution >= 0.6 is 0 Å². The van der Waals surface area contributed by atoms with E-state index in [2.05, 4.69) is 25.5 Å². The Labute approximate surface area is 288 Å². The standard InChI is InChI=1S/C12H16O.2C9H10O4S.C5H9NO2/c1-7-8(2)10(4)12(6-13)11(5)9(7)3;2*10-7-5-13-8-3-1-2-4-9(8)14(11,12)6-7;1-4(6)3-5(7)8-2/h6H,1-5H3;2*1-4,7,10H,5-6H2;3H,6H2,1-2H3/b;;;4-3+. The van der Waals surface area contributed by atoms with E-state index < -0.39 is 37.9 Å². The van der Waals surface area contributed by atoms with Crippen LogP contribution in [0, 0.1) is 34.6 Å². The molecule has 0 saturated carbocycles. The highest BCUT2D eigenvalue weighted by Gasteiger charge is 2.28. The van der Waals surface area contributed by atoms with Gasteiger partial charge >= 0.3 is 5.97 Å². The molecule has 3 aromatic carbocycles. The first-order chi connectivity index (χ1) is 22.9. The molecule has 12 nitrogen and oxygen atoms in total. The number of aldehydes is 1. The van der Waals surface area contributed by atoms with Gasteiger partial charge in [0.1, 0.15) is 46.7 Å². The van der Waals surface area contributed by atoms with Gasteiger partial charge in [-0.25, -0.2) is 21.6 Å². The van der Waals surface area contributed by atoms with E-state index in [0.29, 0.717) is 17.2 Å². The molecule has 0 radical (unpaired) electrons. The van der Waals surface area contributed by atoms with Gasteiger partial charge in [-0.2, -0.15) is 0 Å². The number of sulfone groups is 2. The van der Waals surface area contributed by atoms with Crippen LogP contribution in [-0.4, -0.2) is 83.3 Å². The number of hydrogen-bond donors (Lipinski definition) is 3. The van der Waals surface area contributed by atoms with Crippen LogP contribution in [0.2, 0.25) is 0 Å². The molecule has 0 saturated heterocycles. The number of nitrogens with two attached hydrogens (primary N) is 1. The first-order valence-corrected chi connectivity index (χ1v) is 18.5. The van der Waals surface area contributed by atoms with E-state index in [9.17, 15) is 36.6 Å². The average molecular weight is 720 g/mol. The number of para-hydroxylation sites is 2. The van der Waals surface area contributed by atoms with Gasteiger partial charge in [0.25, 0.3) is 0 Å². The van der Waals surface area contributed by atoms with E-state index in [1.807, 2.05) is 13.8 Å². The van der Waals surface area contributed by atoms with Gasteiger partial charge in [0, 0.05) is 17.3 Å². The highest BCUT2D eigenvalue weighted by Crippen LogP contribution is 2.28. The molecule has 5 rings (SSSR count). The minimum absolute atomic E-state index is 0.0241. The maximum absolute atomic E-state index is 11.7. The van der Waals surface area contributed by atoms with E-state index in [4.69, 9.17) is 15.2 Å². The monoisotopic (exact) mass is 719 g/mol. The minimum Gasteiger partial charge on any atom is -0.489 e. The maximum Gasteiger partial charge on any atom is 0.332 e. The summed E-state index contributed by atoms with van der Waals surface area (Å²) in [4.78, 5) is 21.4. The molecule has 2 aliphatic heterocycles. The highest BCUT2D eigenvalue weighted by molar-refractivity contribution is 7.91. The lowest BCUT2D eigenvalue weighted by Crippen LogP contribution is -2.23. The van der Waals surface area contributed by atoms with Crippen molar-refractivity contribution >= 4 is 31.9 Å². The number of carbonyl (C=O) groups is 2. The number of ether oxygens (including phenoxy) is 3. The lowest BCUT2D eigenvalue weighted by atomic mass is 9.90. The van der Waals surface area contributed by atoms with Gasteiger partial charge in [-0.1, -0.05) is 24.3 Å². The van der Waals surface area contributed by atoms with Crippen molar-refractivity contribution in [3.63, 3.8) is 0 Å². The third-order valence-corrected chi connectivity index (χ3v) is 11.4. The Kier molecular flexibility index (Phi) is 15.0. The van der Waals surface area contributed by atoms with Crippen molar-refractivity contribution in [1.29, 1.82) is 0 Å². The second-order valence-electron chi connectivity index (χ2n) is 11.5. The zero-order valence-electron chi connectivity index (χ0n) is 28.7. The van der Waals surface area contributed by atoms with Crippen LogP contribution < -0.4 is 15.2 Å². The molecular weight excluding hydrogens is 675 g/mol. The molecule has 0 amide bonds. The van der Waals surface area contributed by atoms with E-state index >= 15 is 0 Å². The van der Waals surface area contributed by atoms with E-state index in [0.717, 1.165) is 23.0 Å². The quantitative estimate of drug-likeness (QED) is 0.198. The number of methoxy groups -OCH3 is 1. The molecule has 2 aliphatic rings. The zero-order valence-corrected chi connectivity index (χ0v) is 30.4. The van der Waals surface area contributed by atoms with Crippen molar-refractivity contribution in [1.82, 2.24) is 0 Å². The Morgan fingerprint density at radius 3 is 1.45 bits per heavy atom. The van der Waals surface area contributed by atoms with Crippen molar-refractivity contribution in [2.45, 2.75) is 63.5 Å². The second kappa shape index (κ2) is 18.0. The largest absolute Gasteiger partial charge is 0.489 e. The molecule has 3 aromatic rings. The van der Waals surface area contributed by atoms with Gasteiger partial charge < -0.3 is 30.2 Å². The molecule has 2 atom stereocenters. The summed E-state index contributed by atoms with van der Waals surface area (Å²) < 4.78 is 61.3. The summed E-state index contributed by atoms with van der Waals surface area (Å²) in [6, 6.07) is 12.8. The normalized spacial score (nSPS) is 18.5. The Morgan fingerprint density at radius 2 is 1.12 bits per heavy atom. The number of allylic oxidation sites excluding steroid dienone is 1. The molecule has 0 aliphatic carbocycles. The zero-order chi connectivity index (χ0) is 37.1. The predicted molar refractivity (Wildman–Crippen MR) is 185 cm³/mol. The van der Waals surface area contributed by atoms with E-state index in [1.165, 1.54) is 42.0 Å². The molecule has 0 spiro atoms. The van der Waals surface area contributed by atoms with Crippen molar-refractivity contribution in [2.24, 2.45) is 5.73 Å². The molecule has 0 bridgehead atoms. The van der Waals surface area contributed by atoms with Crippen LogP contribution in [0.25, 0.3) is 0 Å². The van der Waals surface area contributed by atoms with E-state index in [-0.39, 0.29) is 34.5 Å². The lowest BCUT2D eigenvalue weighted by Gasteiger charge is -2.14. The summed E-state index contributed by atoms with van der Waals surface area (Å²) in [5.41, 5.74) is 12.5. The summed E-state index contributed by atoms with van der Waals surface area (Å²) >= 11 is 0. The number of esters is 1. The number of aliphatic hydroxyl groups is 2. The first kappa shape index (κ1) is 40.9. The summed E-state index contributed by atoms with van der Waals surface area (Å²) in [6.45, 7) is 12.0. The van der Waals surface area contributed by atoms with Crippen LogP contribution in [0.5, 0.6) is 11.5 Å². The fourth-order valence-electron chi connectivity index (χ4n) is 4.76. The van der Waals surface area contributed by atoms with Gasteiger partial charge in [-0.3, -0.25) is 4.79 Å². The molecule has 2 heterocycles. The Hall–Kier alpha value is -4.24. The predicted octanol–water partition coefficient (Wildman–Crippen LogP) is 3.49. The van der Waals surface area contributed by atoms with Crippen LogP contribution in [-0.2, 0) is 29.2 Å². The highest BCUT2D eigenvalue weighted by atomic mass is 32.2. The number of carbonyl (C=O) groups excluding carboxylic acids is 2. The third-order valence-electron chi connectivity index (χ3n) is 7.78. The SMILES string of the molecule is COC(=O)/C=C(\C)N.Cc1c(C)c(C)c(C=O)c(C)c1C.O=S1(=O)CC(O)COc2ccccc21.O=S1(=O)CC(O)COc2ccccc21. The van der Waals surface area contributed by atoms with Crippen LogP contribution in [0.3, 0.4) is 0 Å². The van der Waals surface area contributed by atoms with Crippen LogP contribution in [0.15, 0.2) is 70.1 Å². The van der Waals surface area contributed by atoms with Crippen molar-refractivity contribution in [3.8, 4) is 11.5 Å². The van der Waals surface area contributed by atoms with Crippen molar-refractivity contribution < 1.29 is 50.8 Å². The maximum atomic E-state index is 11.7. The Morgan fingerprint density at radius 1 is 0.755 bits per heavy atom. The smallest absolute Gasteiger partial charge is 0.332 e. The fourth-order valence-corrected chi connectivity index (χ4v) is 7.76. The summed E-state index contributed by atoms with van der Waals surface area (Å²) in [5.74, 6) is -0.313. The average Bonchev–Trinajstić information content (AvgIpc) is 3.25. The third kappa shape index (κ3) is 11.4. The number of aliphatic hydroxyl groups excluding tert-OH is 2. The van der Waals surface area contributed by atoms with E-state index in [1.54, 1.807) is 43.3 Å². The molecule has 49 heavy (non-hydrogen) atoms. The van der Waals surface area contributed by atoms with Gasteiger partial charge in [0.2, 0.25) is 0 Å². The number of fused-ring (bicyclic) bond motifs is 2. The van der Waals surface area contributed by atoms with Gasteiger partial charge in [0.15, 0.2) is 26.0 Å². The number of benzene rings is 3. The molecular formula is C35H45NO11S2. The molecule has 0 aromatic heterocycles. The van der Waals surface area contributed by atoms with Crippen molar-refractivity contribution in [3.05, 3.63) is 93.7 Å². The fraction of sp³-hybridized carbons (Fsp3) is 0.371. The summed E-state index contributed by atoms with van der Waals surface area (Å²) in [6.07, 6.45) is 0.282.